The largest absolute Gasteiger partial charge is 0.384 e. The van der Waals surface area contributed by atoms with Gasteiger partial charge in [0.1, 0.15) is 11.7 Å². The van der Waals surface area contributed by atoms with Crippen LogP contribution in [-0.2, 0) is 0 Å². The van der Waals surface area contributed by atoms with Gasteiger partial charge < -0.3 is 11.5 Å². The summed E-state index contributed by atoms with van der Waals surface area (Å²) in [4.78, 5) is 1.11. The molecule has 0 spiro atoms. The maximum atomic E-state index is 7.52. The summed E-state index contributed by atoms with van der Waals surface area (Å²) < 4.78 is 1.14. The van der Waals surface area contributed by atoms with E-state index in [9.17, 15) is 0 Å². The molecule has 0 fully saturated rings. The molecule has 1 aromatic heterocycles. The third-order valence-electron chi connectivity index (χ3n) is 3.29. The molecule has 0 atom stereocenters. The first kappa shape index (κ1) is 13.3. The van der Waals surface area contributed by atoms with Gasteiger partial charge in [0.2, 0.25) is 0 Å². The Morgan fingerprint density at radius 1 is 0.857 bits per heavy atom. The van der Waals surface area contributed by atoms with Crippen LogP contribution in [0.4, 0.5) is 0 Å². The zero-order chi connectivity index (χ0) is 15.0. The summed E-state index contributed by atoms with van der Waals surface area (Å²) in [5, 5.41) is 16.1. The van der Waals surface area contributed by atoms with Crippen molar-refractivity contribution in [2.24, 2.45) is 11.5 Å². The van der Waals surface area contributed by atoms with Gasteiger partial charge in [-0.3, -0.25) is 10.8 Å². The van der Waals surface area contributed by atoms with Gasteiger partial charge in [-0.25, -0.2) is 0 Å². The first-order valence-electron chi connectivity index (χ1n) is 6.37. The molecule has 21 heavy (non-hydrogen) atoms. The van der Waals surface area contributed by atoms with Gasteiger partial charge in [0.15, 0.2) is 0 Å². The van der Waals surface area contributed by atoms with Crippen molar-refractivity contribution < 1.29 is 0 Å². The normalized spacial score (nSPS) is 10.7. The lowest BCUT2D eigenvalue weighted by molar-refractivity contribution is 1.42. The molecule has 0 amide bonds. The molecule has 104 valence electrons. The molecule has 3 aromatic rings. The van der Waals surface area contributed by atoms with Crippen molar-refractivity contribution in [2.75, 3.05) is 0 Å². The highest BCUT2D eigenvalue weighted by Gasteiger charge is 2.07. The first-order valence-corrected chi connectivity index (χ1v) is 7.19. The number of nitrogen functional groups attached to an aromatic ring is 2. The lowest BCUT2D eigenvalue weighted by Gasteiger charge is -2.01. The maximum Gasteiger partial charge on any atom is 0.122 e. The minimum absolute atomic E-state index is 0.0665. The Morgan fingerprint density at radius 2 is 1.57 bits per heavy atom. The summed E-state index contributed by atoms with van der Waals surface area (Å²) >= 11 is 1.67. The van der Waals surface area contributed by atoms with Crippen molar-refractivity contribution >= 4 is 33.1 Å². The number of nitrogens with two attached hydrogens (primary N) is 2. The van der Waals surface area contributed by atoms with Crippen LogP contribution in [-0.4, -0.2) is 11.7 Å². The second-order valence-electron chi connectivity index (χ2n) is 4.77. The van der Waals surface area contributed by atoms with E-state index in [0.29, 0.717) is 0 Å². The molecule has 2 aromatic carbocycles. The van der Waals surface area contributed by atoms with Crippen LogP contribution in [0, 0.1) is 10.8 Å². The van der Waals surface area contributed by atoms with Gasteiger partial charge in [0, 0.05) is 20.7 Å². The van der Waals surface area contributed by atoms with Crippen molar-refractivity contribution in [3.05, 3.63) is 59.7 Å². The molecule has 1 heterocycles. The van der Waals surface area contributed by atoms with E-state index in [1.54, 1.807) is 11.3 Å². The monoisotopic (exact) mass is 294 g/mol. The molecule has 0 unspecified atom stereocenters. The molecule has 3 rings (SSSR count). The van der Waals surface area contributed by atoms with Crippen LogP contribution in [0.2, 0.25) is 0 Å². The number of hydrogen-bond acceptors (Lipinski definition) is 3. The molecule has 0 saturated heterocycles. The van der Waals surface area contributed by atoms with Crippen LogP contribution in [0.25, 0.3) is 20.5 Å². The average Bonchev–Trinajstić information content (AvgIpc) is 2.90. The summed E-state index contributed by atoms with van der Waals surface area (Å²) in [6.07, 6.45) is 0. The predicted molar refractivity (Wildman–Crippen MR) is 89.3 cm³/mol. The van der Waals surface area contributed by atoms with Crippen LogP contribution in [0.3, 0.4) is 0 Å². The number of fused-ring (bicyclic) bond motifs is 1. The SMILES string of the molecule is N=C(N)c1cccc(-c2cc3cc(C(=N)N)ccc3s2)c1. The van der Waals surface area contributed by atoms with E-state index >= 15 is 0 Å². The van der Waals surface area contributed by atoms with E-state index in [1.165, 1.54) is 0 Å². The highest BCUT2D eigenvalue weighted by atomic mass is 32.1. The van der Waals surface area contributed by atoms with Crippen molar-refractivity contribution in [2.45, 2.75) is 0 Å². The molecule has 0 aliphatic carbocycles. The van der Waals surface area contributed by atoms with Crippen LogP contribution in [0.1, 0.15) is 11.1 Å². The van der Waals surface area contributed by atoms with Crippen LogP contribution < -0.4 is 11.5 Å². The summed E-state index contributed by atoms with van der Waals surface area (Å²) in [7, 11) is 0. The number of nitrogens with one attached hydrogen (secondary N) is 2. The number of thiophene rings is 1. The van der Waals surface area contributed by atoms with Gasteiger partial charge in [0.05, 0.1) is 0 Å². The molecule has 0 bridgehead atoms. The van der Waals surface area contributed by atoms with Crippen LogP contribution in [0.5, 0.6) is 0 Å². The van der Waals surface area contributed by atoms with Crippen molar-refractivity contribution in [3.8, 4) is 10.4 Å². The zero-order valence-electron chi connectivity index (χ0n) is 11.2. The summed E-state index contributed by atoms with van der Waals surface area (Å²) in [6, 6.07) is 15.5. The highest BCUT2D eigenvalue weighted by Crippen LogP contribution is 2.34. The molecule has 6 N–H and O–H groups in total. The summed E-state index contributed by atoms with van der Waals surface area (Å²) in [5.41, 5.74) is 13.5. The Morgan fingerprint density at radius 3 is 2.29 bits per heavy atom. The maximum absolute atomic E-state index is 7.52. The summed E-state index contributed by atoms with van der Waals surface area (Å²) in [6.45, 7) is 0. The minimum atomic E-state index is 0.0665. The second kappa shape index (κ2) is 5.03. The van der Waals surface area contributed by atoms with Crippen molar-refractivity contribution in [3.63, 3.8) is 0 Å². The average molecular weight is 294 g/mol. The standard InChI is InChI=1S/C16H14N4S/c17-15(18)10-3-1-2-9(6-10)14-8-12-7-11(16(19)20)4-5-13(12)21-14/h1-8H,(H3,17,18)(H3,19,20). The second-order valence-corrected chi connectivity index (χ2v) is 5.86. The topological polar surface area (TPSA) is 99.7 Å². The fourth-order valence-electron chi connectivity index (χ4n) is 2.19. The minimum Gasteiger partial charge on any atom is -0.384 e. The molecule has 0 radical (unpaired) electrons. The van der Waals surface area contributed by atoms with E-state index in [0.717, 1.165) is 31.7 Å². The molecular weight excluding hydrogens is 280 g/mol. The van der Waals surface area contributed by atoms with Gasteiger partial charge in [-0.2, -0.15) is 0 Å². The van der Waals surface area contributed by atoms with E-state index in [4.69, 9.17) is 22.3 Å². The van der Waals surface area contributed by atoms with Crippen molar-refractivity contribution in [1.29, 1.82) is 10.8 Å². The van der Waals surface area contributed by atoms with Gasteiger partial charge in [-0.05, 0) is 41.3 Å². The van der Waals surface area contributed by atoms with Gasteiger partial charge >= 0.3 is 0 Å². The number of amidine groups is 2. The Labute approximate surface area is 126 Å². The highest BCUT2D eigenvalue weighted by molar-refractivity contribution is 7.22. The smallest absolute Gasteiger partial charge is 0.122 e. The van der Waals surface area contributed by atoms with E-state index in [2.05, 4.69) is 6.07 Å². The lowest BCUT2D eigenvalue weighted by Crippen LogP contribution is -2.10. The van der Waals surface area contributed by atoms with Crippen molar-refractivity contribution in [1.82, 2.24) is 0 Å². The molecule has 0 saturated carbocycles. The third kappa shape index (κ3) is 2.51. The Bertz CT molecular complexity index is 864. The lowest BCUT2D eigenvalue weighted by atomic mass is 10.1. The molecule has 0 aliphatic heterocycles. The van der Waals surface area contributed by atoms with E-state index in [-0.39, 0.29) is 11.7 Å². The summed E-state index contributed by atoms with van der Waals surface area (Å²) in [5.74, 6) is 0.139. The molecular formula is C16H14N4S. The Balaban J connectivity index is 2.10. The fraction of sp³-hybridized carbons (Fsp3) is 0. The molecule has 5 heteroatoms. The zero-order valence-corrected chi connectivity index (χ0v) is 12.0. The van der Waals surface area contributed by atoms with Gasteiger partial charge in [-0.15, -0.1) is 11.3 Å². The quantitative estimate of drug-likeness (QED) is 0.440. The van der Waals surface area contributed by atoms with E-state index in [1.807, 2.05) is 42.5 Å². The van der Waals surface area contributed by atoms with Crippen LogP contribution >= 0.6 is 11.3 Å². The Kier molecular flexibility index (Phi) is 3.19. The number of benzene rings is 2. The first-order chi connectivity index (χ1) is 10.0. The van der Waals surface area contributed by atoms with Gasteiger partial charge in [-0.1, -0.05) is 18.2 Å². The molecule has 0 aliphatic rings. The number of rotatable bonds is 3. The molecule has 4 nitrogen and oxygen atoms in total. The third-order valence-corrected chi connectivity index (χ3v) is 4.45. The van der Waals surface area contributed by atoms with E-state index < -0.39 is 0 Å². The van der Waals surface area contributed by atoms with Gasteiger partial charge in [0.25, 0.3) is 0 Å². The van der Waals surface area contributed by atoms with Crippen LogP contribution in [0.15, 0.2) is 48.5 Å². The Hall–Kier alpha value is -2.66. The predicted octanol–water partition coefficient (Wildman–Crippen LogP) is 3.14. The number of hydrogen-bond donors (Lipinski definition) is 4. The fourth-order valence-corrected chi connectivity index (χ4v) is 3.23.